The number of hydrogen-bond donors (Lipinski definition) is 3. The van der Waals surface area contributed by atoms with Gasteiger partial charge < -0.3 is 20.4 Å². The maximum absolute atomic E-state index is 13.5. The normalized spacial score (nSPS) is 17.8. The number of aromatic nitrogens is 1. The highest BCUT2D eigenvalue weighted by Crippen LogP contribution is 2.21. The van der Waals surface area contributed by atoms with Gasteiger partial charge in [-0.2, -0.15) is 0 Å². The van der Waals surface area contributed by atoms with Crippen molar-refractivity contribution in [3.8, 4) is 0 Å². The van der Waals surface area contributed by atoms with Crippen molar-refractivity contribution in [3.63, 3.8) is 0 Å². The van der Waals surface area contributed by atoms with Gasteiger partial charge in [0.25, 0.3) is 0 Å². The number of H-pyrrole nitrogens is 1. The third-order valence-electron chi connectivity index (χ3n) is 4.33. The number of carbonyl (C=O) groups excluding carboxylic acids is 2. The molecule has 3 rings (SSSR count). The predicted molar refractivity (Wildman–Crippen MR) is 97.3 cm³/mol. The minimum absolute atomic E-state index is 0. The molecule has 0 radical (unpaired) electrons. The number of halogens is 2. The SMILES string of the molecule is Br.COC(=O)C(Cc1c[nH]c2ccc(F)cc12)NC(=O)C1CCCN1. The van der Waals surface area contributed by atoms with Gasteiger partial charge in [0.1, 0.15) is 11.9 Å². The Morgan fingerprint density at radius 2 is 2.24 bits per heavy atom. The number of rotatable bonds is 5. The monoisotopic (exact) mass is 413 g/mol. The fourth-order valence-electron chi connectivity index (χ4n) is 3.06. The van der Waals surface area contributed by atoms with Gasteiger partial charge in [0.15, 0.2) is 0 Å². The highest BCUT2D eigenvalue weighted by atomic mass is 79.9. The van der Waals surface area contributed by atoms with Crippen LogP contribution >= 0.6 is 17.0 Å². The lowest BCUT2D eigenvalue weighted by Gasteiger charge is -2.19. The number of amides is 1. The summed E-state index contributed by atoms with van der Waals surface area (Å²) in [5.41, 5.74) is 1.53. The molecule has 2 aromatic rings. The molecule has 2 atom stereocenters. The molecule has 1 aromatic carbocycles. The van der Waals surface area contributed by atoms with Gasteiger partial charge >= 0.3 is 5.97 Å². The first kappa shape index (κ1) is 19.4. The van der Waals surface area contributed by atoms with Gasteiger partial charge in [-0.3, -0.25) is 4.79 Å². The molecule has 0 saturated carbocycles. The molecule has 8 heteroatoms. The molecule has 0 spiro atoms. The number of aromatic amines is 1. The fourth-order valence-corrected chi connectivity index (χ4v) is 3.06. The molecule has 2 heterocycles. The van der Waals surface area contributed by atoms with Gasteiger partial charge in [0, 0.05) is 23.5 Å². The zero-order valence-corrected chi connectivity index (χ0v) is 15.5. The summed E-state index contributed by atoms with van der Waals surface area (Å²) < 4.78 is 18.3. The first-order valence-electron chi connectivity index (χ1n) is 7.95. The molecule has 3 N–H and O–H groups in total. The molecule has 1 fully saturated rings. The third kappa shape index (κ3) is 4.38. The number of fused-ring (bicyclic) bond motifs is 1. The maximum atomic E-state index is 13.5. The standard InChI is InChI=1S/C17H20FN3O3.BrH/c1-24-17(23)15(21-16(22)14-3-2-6-19-14)7-10-9-20-13-5-4-11(18)8-12(10)13;/h4-5,8-9,14-15,19-20H,2-3,6-7H2,1H3,(H,21,22);1H. The van der Waals surface area contributed by atoms with E-state index >= 15 is 0 Å². The Balaban J connectivity index is 0.00000225. The van der Waals surface area contributed by atoms with Crippen molar-refractivity contribution in [2.45, 2.75) is 31.3 Å². The summed E-state index contributed by atoms with van der Waals surface area (Å²) >= 11 is 0. The van der Waals surface area contributed by atoms with Gasteiger partial charge in [-0.05, 0) is 43.1 Å². The van der Waals surface area contributed by atoms with Crippen LogP contribution in [0, 0.1) is 5.82 Å². The lowest BCUT2D eigenvalue weighted by atomic mass is 10.0. The minimum Gasteiger partial charge on any atom is -0.467 e. The molecule has 1 aliphatic rings. The summed E-state index contributed by atoms with van der Waals surface area (Å²) in [5, 5.41) is 6.53. The number of methoxy groups -OCH3 is 1. The van der Waals surface area contributed by atoms with E-state index in [4.69, 9.17) is 4.74 Å². The van der Waals surface area contributed by atoms with Crippen LogP contribution in [0.1, 0.15) is 18.4 Å². The van der Waals surface area contributed by atoms with Crippen LogP contribution in [-0.2, 0) is 20.7 Å². The average molecular weight is 414 g/mol. The van der Waals surface area contributed by atoms with E-state index < -0.39 is 12.0 Å². The minimum atomic E-state index is -0.813. The Kier molecular flexibility index (Phi) is 6.55. The first-order chi connectivity index (χ1) is 11.6. The van der Waals surface area contributed by atoms with Crippen molar-refractivity contribution < 1.29 is 18.7 Å². The predicted octanol–water partition coefficient (Wildman–Crippen LogP) is 1.84. The molecule has 136 valence electrons. The second kappa shape index (κ2) is 8.44. The summed E-state index contributed by atoms with van der Waals surface area (Å²) in [5.74, 6) is -1.09. The van der Waals surface area contributed by atoms with E-state index in [2.05, 4.69) is 15.6 Å². The Bertz CT molecular complexity index is 759. The number of esters is 1. The van der Waals surface area contributed by atoms with Gasteiger partial charge in [-0.1, -0.05) is 0 Å². The molecular weight excluding hydrogens is 393 g/mol. The Labute approximate surface area is 155 Å². The van der Waals surface area contributed by atoms with Crippen LogP contribution in [0.4, 0.5) is 4.39 Å². The second-order valence-electron chi connectivity index (χ2n) is 5.94. The van der Waals surface area contributed by atoms with Gasteiger partial charge in [0.2, 0.25) is 5.91 Å². The van der Waals surface area contributed by atoms with Crippen LogP contribution in [0.3, 0.4) is 0 Å². The largest absolute Gasteiger partial charge is 0.467 e. The van der Waals surface area contributed by atoms with E-state index in [-0.39, 0.29) is 41.2 Å². The summed E-state index contributed by atoms with van der Waals surface area (Å²) in [6.45, 7) is 0.794. The van der Waals surface area contributed by atoms with E-state index in [1.54, 1.807) is 12.3 Å². The number of ether oxygens (including phenoxy) is 1. The third-order valence-corrected chi connectivity index (χ3v) is 4.33. The van der Waals surface area contributed by atoms with E-state index in [1.807, 2.05) is 0 Å². The van der Waals surface area contributed by atoms with Crippen molar-refractivity contribution >= 4 is 39.8 Å². The highest BCUT2D eigenvalue weighted by molar-refractivity contribution is 8.93. The van der Waals surface area contributed by atoms with Gasteiger partial charge in [-0.15, -0.1) is 17.0 Å². The Hall–Kier alpha value is -1.93. The maximum Gasteiger partial charge on any atom is 0.328 e. The summed E-state index contributed by atoms with van der Waals surface area (Å²) in [6.07, 6.45) is 3.63. The Morgan fingerprint density at radius 1 is 1.44 bits per heavy atom. The van der Waals surface area contributed by atoms with E-state index in [0.29, 0.717) is 5.39 Å². The Morgan fingerprint density at radius 3 is 2.92 bits per heavy atom. The van der Waals surface area contributed by atoms with Crippen LogP contribution in [0.15, 0.2) is 24.4 Å². The number of carbonyl (C=O) groups is 2. The summed E-state index contributed by atoms with van der Waals surface area (Å²) in [6, 6.07) is 3.33. The lowest BCUT2D eigenvalue weighted by molar-refractivity contribution is -0.145. The highest BCUT2D eigenvalue weighted by Gasteiger charge is 2.28. The molecule has 2 unspecified atom stereocenters. The quantitative estimate of drug-likeness (QED) is 0.653. The molecule has 0 bridgehead atoms. The lowest BCUT2D eigenvalue weighted by Crippen LogP contribution is -2.49. The van der Waals surface area contributed by atoms with Crippen molar-refractivity contribution in [1.82, 2.24) is 15.6 Å². The van der Waals surface area contributed by atoms with E-state index in [1.165, 1.54) is 19.2 Å². The number of nitrogens with one attached hydrogen (secondary N) is 3. The zero-order chi connectivity index (χ0) is 17.1. The van der Waals surface area contributed by atoms with Crippen molar-refractivity contribution in [2.24, 2.45) is 0 Å². The zero-order valence-electron chi connectivity index (χ0n) is 13.8. The van der Waals surface area contributed by atoms with Crippen LogP contribution < -0.4 is 10.6 Å². The van der Waals surface area contributed by atoms with Gasteiger partial charge in [0.05, 0.1) is 13.2 Å². The first-order valence-corrected chi connectivity index (χ1v) is 7.95. The topological polar surface area (TPSA) is 83.2 Å². The van der Waals surface area contributed by atoms with Crippen molar-refractivity contribution in [1.29, 1.82) is 0 Å². The van der Waals surface area contributed by atoms with E-state index in [0.717, 1.165) is 30.5 Å². The molecule has 0 aliphatic carbocycles. The molecule has 1 saturated heterocycles. The molecule has 1 aromatic heterocycles. The molecular formula is C17H21BrFN3O3. The van der Waals surface area contributed by atoms with Crippen molar-refractivity contribution in [3.05, 3.63) is 35.8 Å². The fraction of sp³-hybridized carbons (Fsp3) is 0.412. The smallest absolute Gasteiger partial charge is 0.328 e. The molecule has 1 amide bonds. The average Bonchev–Trinajstić information content (AvgIpc) is 3.23. The van der Waals surface area contributed by atoms with E-state index in [9.17, 15) is 14.0 Å². The molecule has 6 nitrogen and oxygen atoms in total. The van der Waals surface area contributed by atoms with Gasteiger partial charge in [-0.25, -0.2) is 9.18 Å². The molecule has 1 aliphatic heterocycles. The summed E-state index contributed by atoms with van der Waals surface area (Å²) in [7, 11) is 1.28. The van der Waals surface area contributed by atoms with Crippen LogP contribution in [-0.4, -0.2) is 42.6 Å². The molecule has 25 heavy (non-hydrogen) atoms. The van der Waals surface area contributed by atoms with Crippen LogP contribution in [0.5, 0.6) is 0 Å². The number of benzene rings is 1. The van der Waals surface area contributed by atoms with Crippen molar-refractivity contribution in [2.75, 3.05) is 13.7 Å². The number of hydrogen-bond acceptors (Lipinski definition) is 4. The summed E-state index contributed by atoms with van der Waals surface area (Å²) in [4.78, 5) is 27.4. The second-order valence-corrected chi connectivity index (χ2v) is 5.94. The van der Waals surface area contributed by atoms with Crippen LogP contribution in [0.2, 0.25) is 0 Å². The van der Waals surface area contributed by atoms with Crippen LogP contribution in [0.25, 0.3) is 10.9 Å².